The van der Waals surface area contributed by atoms with Gasteiger partial charge in [-0.2, -0.15) is 0 Å². The number of allylic oxidation sites excluding steroid dienone is 14. The van der Waals surface area contributed by atoms with Crippen molar-refractivity contribution in [2.45, 2.75) is 199 Å². The van der Waals surface area contributed by atoms with Crippen LogP contribution in [0, 0.1) is 0 Å². The molecule has 0 amide bonds. The SMILES string of the molecule is CC/C=C\C/C=C\C/C=C\C/C=C\CCCCCCCCCCCCC(=O)OC(COCCC(C(=O)[O-])[N+](C)(C)C)COC(=O)CCCCCCC/C=C\C/C=C\C/C=C\CC. The van der Waals surface area contributed by atoms with Crippen molar-refractivity contribution < 1.29 is 38.2 Å². The summed E-state index contributed by atoms with van der Waals surface area (Å²) in [5, 5.41) is 11.7. The molecule has 62 heavy (non-hydrogen) atoms. The summed E-state index contributed by atoms with van der Waals surface area (Å²) in [5.41, 5.74) is 0. The average Bonchev–Trinajstić information content (AvgIpc) is 3.23. The fourth-order valence-electron chi connectivity index (χ4n) is 6.78. The lowest BCUT2D eigenvalue weighted by Gasteiger charge is -2.34. The maximum absolute atomic E-state index is 12.8. The summed E-state index contributed by atoms with van der Waals surface area (Å²) in [6, 6.07) is -0.734. The molecule has 0 bridgehead atoms. The molecule has 0 N–H and O–H groups in total. The highest BCUT2D eigenvalue weighted by molar-refractivity contribution is 5.70. The van der Waals surface area contributed by atoms with Gasteiger partial charge in [-0.1, -0.05) is 170 Å². The maximum atomic E-state index is 12.8. The third-order valence-corrected chi connectivity index (χ3v) is 10.5. The predicted molar refractivity (Wildman–Crippen MR) is 258 cm³/mol. The van der Waals surface area contributed by atoms with Crippen LogP contribution in [0.5, 0.6) is 0 Å². The van der Waals surface area contributed by atoms with Gasteiger partial charge in [0.2, 0.25) is 0 Å². The number of unbranched alkanes of at least 4 members (excludes halogenated alkanes) is 15. The summed E-state index contributed by atoms with van der Waals surface area (Å²) in [5.74, 6) is -1.77. The first-order chi connectivity index (χ1) is 30.1. The first kappa shape index (κ1) is 58.5. The maximum Gasteiger partial charge on any atom is 0.306 e. The quantitative estimate of drug-likeness (QED) is 0.0260. The Hall–Kier alpha value is -3.49. The summed E-state index contributed by atoms with van der Waals surface area (Å²) in [4.78, 5) is 37.0. The summed E-state index contributed by atoms with van der Waals surface area (Å²) >= 11 is 0. The first-order valence-electron chi connectivity index (χ1n) is 24.6. The monoisotopic (exact) mass is 866 g/mol. The number of quaternary nitrogens is 1. The van der Waals surface area contributed by atoms with Crippen LogP contribution in [-0.2, 0) is 28.6 Å². The van der Waals surface area contributed by atoms with E-state index in [2.05, 4.69) is 98.9 Å². The molecule has 8 nitrogen and oxygen atoms in total. The second kappa shape index (κ2) is 44.1. The highest BCUT2D eigenvalue weighted by atomic mass is 16.6. The number of hydrogen-bond donors (Lipinski definition) is 0. The Bertz CT molecular complexity index is 1290. The minimum absolute atomic E-state index is 0.0292. The van der Waals surface area contributed by atoms with Crippen LogP contribution in [-0.4, -0.2) is 75.5 Å². The fourth-order valence-corrected chi connectivity index (χ4v) is 6.78. The summed E-state index contributed by atoms with van der Waals surface area (Å²) < 4.78 is 17.2. The van der Waals surface area contributed by atoms with E-state index in [1.165, 1.54) is 44.9 Å². The van der Waals surface area contributed by atoms with E-state index in [1.807, 2.05) is 0 Å². The Morgan fingerprint density at radius 2 is 0.855 bits per heavy atom. The van der Waals surface area contributed by atoms with Crippen LogP contribution in [0.1, 0.15) is 187 Å². The van der Waals surface area contributed by atoms with E-state index in [-0.39, 0.29) is 42.7 Å². The van der Waals surface area contributed by atoms with Crippen molar-refractivity contribution in [2.24, 2.45) is 0 Å². The number of carbonyl (C=O) groups excluding carboxylic acids is 3. The molecule has 0 heterocycles. The van der Waals surface area contributed by atoms with Gasteiger partial charge in [0.25, 0.3) is 0 Å². The summed E-state index contributed by atoms with van der Waals surface area (Å²) in [6.45, 7) is 4.41. The molecule has 0 aromatic heterocycles. The molecule has 0 aromatic carbocycles. The Morgan fingerprint density at radius 3 is 1.26 bits per heavy atom. The Morgan fingerprint density at radius 1 is 0.484 bits per heavy atom. The van der Waals surface area contributed by atoms with Crippen molar-refractivity contribution in [1.82, 2.24) is 0 Å². The molecule has 0 saturated heterocycles. The zero-order valence-corrected chi connectivity index (χ0v) is 40.3. The summed E-state index contributed by atoms with van der Waals surface area (Å²) in [6.07, 6.45) is 57.5. The van der Waals surface area contributed by atoms with E-state index < -0.39 is 18.1 Å². The van der Waals surface area contributed by atoms with E-state index >= 15 is 0 Å². The molecular weight excluding hydrogens is 775 g/mol. The van der Waals surface area contributed by atoms with Crippen molar-refractivity contribution in [3.63, 3.8) is 0 Å². The van der Waals surface area contributed by atoms with Crippen molar-refractivity contribution in [3.05, 3.63) is 85.1 Å². The molecule has 0 aliphatic rings. The van der Waals surface area contributed by atoms with E-state index in [9.17, 15) is 19.5 Å². The number of carboxylic acids is 1. The van der Waals surface area contributed by atoms with Gasteiger partial charge >= 0.3 is 11.9 Å². The number of nitrogens with zero attached hydrogens (tertiary/aromatic N) is 1. The van der Waals surface area contributed by atoms with Gasteiger partial charge in [0, 0.05) is 19.3 Å². The molecule has 0 fully saturated rings. The lowest BCUT2D eigenvalue weighted by atomic mass is 10.0. The largest absolute Gasteiger partial charge is 0.544 e. The number of hydrogen-bond acceptors (Lipinski definition) is 7. The molecule has 0 spiro atoms. The highest BCUT2D eigenvalue weighted by Crippen LogP contribution is 2.14. The number of rotatable bonds is 43. The van der Waals surface area contributed by atoms with Gasteiger partial charge in [-0.3, -0.25) is 9.59 Å². The van der Waals surface area contributed by atoms with Gasteiger partial charge in [0.15, 0.2) is 6.10 Å². The molecule has 0 radical (unpaired) electrons. The minimum atomic E-state index is -1.13. The minimum Gasteiger partial charge on any atom is -0.544 e. The molecule has 0 aliphatic heterocycles. The normalized spacial score (nSPS) is 13.6. The smallest absolute Gasteiger partial charge is 0.306 e. The molecule has 0 saturated carbocycles. The zero-order chi connectivity index (χ0) is 45.6. The highest BCUT2D eigenvalue weighted by Gasteiger charge is 2.25. The lowest BCUT2D eigenvalue weighted by Crippen LogP contribution is -2.55. The Balaban J connectivity index is 4.28. The van der Waals surface area contributed by atoms with Gasteiger partial charge in [0.05, 0.1) is 40.3 Å². The van der Waals surface area contributed by atoms with Crippen LogP contribution in [0.15, 0.2) is 85.1 Å². The van der Waals surface area contributed by atoms with E-state index in [1.54, 1.807) is 21.1 Å². The van der Waals surface area contributed by atoms with Crippen molar-refractivity contribution in [1.29, 1.82) is 0 Å². The van der Waals surface area contributed by atoms with E-state index in [0.29, 0.717) is 12.8 Å². The average molecular weight is 866 g/mol. The van der Waals surface area contributed by atoms with Crippen molar-refractivity contribution in [2.75, 3.05) is 41.0 Å². The van der Waals surface area contributed by atoms with E-state index in [4.69, 9.17) is 14.2 Å². The molecule has 0 aromatic rings. The Labute approximate surface area is 380 Å². The lowest BCUT2D eigenvalue weighted by molar-refractivity contribution is -0.889. The van der Waals surface area contributed by atoms with Crippen LogP contribution in [0.4, 0.5) is 0 Å². The number of likely N-dealkylation sites (N-methyl/N-ethyl adjacent to an activating group) is 1. The van der Waals surface area contributed by atoms with Crippen LogP contribution >= 0.6 is 0 Å². The van der Waals surface area contributed by atoms with Gasteiger partial charge in [-0.05, 0) is 83.5 Å². The number of esters is 2. The van der Waals surface area contributed by atoms with Crippen LogP contribution < -0.4 is 5.11 Å². The number of ether oxygens (including phenoxy) is 3. The predicted octanol–water partition coefficient (Wildman–Crippen LogP) is 12.7. The van der Waals surface area contributed by atoms with Gasteiger partial charge in [0.1, 0.15) is 12.6 Å². The standard InChI is InChI=1S/C54H91NO7/c1-6-8-10-12-14-16-18-20-22-23-24-25-26-27-28-29-31-33-35-37-39-41-43-45-53(57)62-50(48-60-47-46-51(54(58)59)55(3,4)5)49-61-52(56)44-42-40-38-36-34-32-30-21-19-17-15-13-11-9-7-2/h8-11,14-17,20-22,24-25,30,50-51H,6-7,12-13,18-19,23,26-29,31-49H2,1-5H3/b10-8-,11-9-,16-14-,17-15-,22-20-,25-24-,30-21-. The molecule has 2 unspecified atom stereocenters. The number of carboxylic acid groups (broad SMARTS) is 1. The second-order valence-corrected chi connectivity index (χ2v) is 17.3. The van der Waals surface area contributed by atoms with Crippen LogP contribution in [0.3, 0.4) is 0 Å². The third-order valence-electron chi connectivity index (χ3n) is 10.5. The second-order valence-electron chi connectivity index (χ2n) is 17.3. The van der Waals surface area contributed by atoms with Gasteiger partial charge in [-0.15, -0.1) is 0 Å². The third kappa shape index (κ3) is 41.8. The van der Waals surface area contributed by atoms with Gasteiger partial charge < -0.3 is 28.6 Å². The van der Waals surface area contributed by atoms with Crippen LogP contribution in [0.2, 0.25) is 0 Å². The van der Waals surface area contributed by atoms with Crippen LogP contribution in [0.25, 0.3) is 0 Å². The fraction of sp³-hybridized carbons (Fsp3) is 0.685. The van der Waals surface area contributed by atoms with Crippen molar-refractivity contribution >= 4 is 17.9 Å². The van der Waals surface area contributed by atoms with E-state index in [0.717, 1.165) is 109 Å². The van der Waals surface area contributed by atoms with Crippen molar-refractivity contribution in [3.8, 4) is 0 Å². The molecule has 2 atom stereocenters. The molecule has 354 valence electrons. The zero-order valence-electron chi connectivity index (χ0n) is 40.3. The topological polar surface area (TPSA) is 102 Å². The van der Waals surface area contributed by atoms with Gasteiger partial charge in [-0.25, -0.2) is 0 Å². The molecule has 8 heteroatoms. The molecule has 0 aliphatic carbocycles. The number of carbonyl (C=O) groups is 3. The Kier molecular flexibility index (Phi) is 41.6. The number of aliphatic carboxylic acids is 1. The molecule has 0 rings (SSSR count). The first-order valence-corrected chi connectivity index (χ1v) is 24.6. The summed E-state index contributed by atoms with van der Waals surface area (Å²) in [7, 11) is 5.40. The molecular formula is C54H91NO7.